The molecule has 0 fully saturated rings. The molecule has 0 aliphatic carbocycles. The Labute approximate surface area is 247 Å². The number of halogens is 1. The van der Waals surface area contributed by atoms with Crippen LogP contribution in [0.4, 0.5) is 5.69 Å². The van der Waals surface area contributed by atoms with Crippen molar-refractivity contribution < 1.29 is 23.8 Å². The van der Waals surface area contributed by atoms with Crippen molar-refractivity contribution in [3.05, 3.63) is 105 Å². The van der Waals surface area contributed by atoms with Crippen LogP contribution in [0.25, 0.3) is 5.70 Å². The number of nitrogens with one attached hydrogen (secondary N) is 2. The van der Waals surface area contributed by atoms with Gasteiger partial charge in [-0.2, -0.15) is 5.26 Å². The molecule has 0 saturated heterocycles. The largest absolute Gasteiger partial charge is 0.497 e. The molecule has 1 unspecified atom stereocenters. The number of anilines is 1. The average molecular weight is 590 g/mol. The lowest BCUT2D eigenvalue weighted by Gasteiger charge is -2.31. The van der Waals surface area contributed by atoms with E-state index in [1.54, 1.807) is 49.4 Å². The molecule has 4 rings (SSSR count). The third-order valence-corrected chi connectivity index (χ3v) is 7.61. The number of benzene rings is 3. The minimum atomic E-state index is -0.826. The van der Waals surface area contributed by atoms with E-state index >= 15 is 0 Å². The standard InChI is InChI=1S/C31H28ClN3O5S/c1-4-40-31(37)28-27(21-12-8-9-13-23(21)32)22(17-33)30(35-29(28)19-10-6-5-7-11-19)41-18-26(36)34-24-16-20(38-2)14-15-25(24)39-3/h5-16,27,35H,4,18H2,1-3H3,(H,34,36). The van der Waals surface area contributed by atoms with Crippen molar-refractivity contribution in [3.8, 4) is 17.6 Å². The molecule has 41 heavy (non-hydrogen) atoms. The number of nitrogens with zero attached hydrogens (tertiary/aromatic N) is 1. The minimum Gasteiger partial charge on any atom is -0.497 e. The van der Waals surface area contributed by atoms with Gasteiger partial charge in [0.25, 0.3) is 0 Å². The molecule has 1 amide bonds. The number of dihydropyridines is 1. The van der Waals surface area contributed by atoms with E-state index in [4.69, 9.17) is 25.8 Å². The van der Waals surface area contributed by atoms with E-state index in [0.29, 0.717) is 44.1 Å². The predicted octanol–water partition coefficient (Wildman–Crippen LogP) is 6.13. The van der Waals surface area contributed by atoms with Crippen molar-refractivity contribution in [2.24, 2.45) is 0 Å². The number of allylic oxidation sites excluding steroid dienone is 1. The maximum Gasteiger partial charge on any atom is 0.337 e. The van der Waals surface area contributed by atoms with Gasteiger partial charge < -0.3 is 24.8 Å². The zero-order valence-electron chi connectivity index (χ0n) is 22.7. The van der Waals surface area contributed by atoms with Crippen LogP contribution in [0.5, 0.6) is 11.5 Å². The fraction of sp³-hybridized carbons (Fsp3) is 0.194. The van der Waals surface area contributed by atoms with Gasteiger partial charge in [0.05, 0.1) is 66.1 Å². The summed E-state index contributed by atoms with van der Waals surface area (Å²) < 4.78 is 16.1. The smallest absolute Gasteiger partial charge is 0.337 e. The first-order valence-corrected chi connectivity index (χ1v) is 14.0. The van der Waals surface area contributed by atoms with E-state index in [0.717, 1.165) is 11.8 Å². The molecule has 0 spiro atoms. The maximum absolute atomic E-state index is 13.4. The van der Waals surface area contributed by atoms with Crippen LogP contribution in [-0.2, 0) is 14.3 Å². The monoisotopic (exact) mass is 589 g/mol. The molecule has 10 heteroatoms. The lowest BCUT2D eigenvalue weighted by Crippen LogP contribution is -2.30. The number of amides is 1. The maximum atomic E-state index is 13.4. The van der Waals surface area contributed by atoms with Gasteiger partial charge in [0, 0.05) is 11.1 Å². The molecule has 8 nitrogen and oxygen atoms in total. The van der Waals surface area contributed by atoms with Gasteiger partial charge in [-0.25, -0.2) is 4.79 Å². The molecule has 1 heterocycles. The molecule has 0 saturated carbocycles. The Kier molecular flexibility index (Phi) is 9.95. The third kappa shape index (κ3) is 6.68. The van der Waals surface area contributed by atoms with Crippen LogP contribution in [0, 0.1) is 11.3 Å². The third-order valence-electron chi connectivity index (χ3n) is 6.25. The minimum absolute atomic E-state index is 0.0417. The Morgan fingerprint density at radius 1 is 1.05 bits per heavy atom. The number of ether oxygens (including phenoxy) is 3. The van der Waals surface area contributed by atoms with Crippen molar-refractivity contribution in [1.29, 1.82) is 5.26 Å². The number of carbonyl (C=O) groups is 2. The lowest BCUT2D eigenvalue weighted by molar-refractivity contribution is -0.138. The molecule has 1 aliphatic heterocycles. The topological polar surface area (TPSA) is 110 Å². The second-order valence-electron chi connectivity index (χ2n) is 8.71. The highest BCUT2D eigenvalue weighted by molar-refractivity contribution is 8.03. The molecule has 0 aromatic heterocycles. The number of thioether (sulfide) groups is 1. The SMILES string of the molecule is CCOC(=O)C1=C(c2ccccc2)NC(SCC(=O)Nc2cc(OC)ccc2OC)=C(C#N)C1c1ccccc1Cl. The quantitative estimate of drug-likeness (QED) is 0.272. The molecule has 3 aromatic rings. The van der Waals surface area contributed by atoms with Crippen LogP contribution in [-0.4, -0.2) is 38.5 Å². The Hall–Kier alpha value is -4.39. The Morgan fingerprint density at radius 3 is 2.44 bits per heavy atom. The second kappa shape index (κ2) is 13.8. The van der Waals surface area contributed by atoms with E-state index in [-0.39, 0.29) is 29.4 Å². The zero-order valence-corrected chi connectivity index (χ0v) is 24.3. The van der Waals surface area contributed by atoms with Crippen LogP contribution in [0.3, 0.4) is 0 Å². The summed E-state index contributed by atoms with van der Waals surface area (Å²) in [6, 6.07) is 23.7. The molecule has 0 radical (unpaired) electrons. The van der Waals surface area contributed by atoms with E-state index in [2.05, 4.69) is 16.7 Å². The Bertz CT molecular complexity index is 1550. The predicted molar refractivity (Wildman–Crippen MR) is 161 cm³/mol. The van der Waals surface area contributed by atoms with Crippen LogP contribution in [0.2, 0.25) is 5.02 Å². The van der Waals surface area contributed by atoms with Crippen LogP contribution in [0.15, 0.2) is 89.0 Å². The van der Waals surface area contributed by atoms with Gasteiger partial charge >= 0.3 is 5.97 Å². The van der Waals surface area contributed by atoms with Crippen molar-refractivity contribution in [3.63, 3.8) is 0 Å². The molecular formula is C31H28ClN3O5S. The zero-order chi connectivity index (χ0) is 29.4. The molecular weight excluding hydrogens is 562 g/mol. The summed E-state index contributed by atoms with van der Waals surface area (Å²) >= 11 is 7.76. The molecule has 2 N–H and O–H groups in total. The van der Waals surface area contributed by atoms with E-state index in [9.17, 15) is 14.9 Å². The van der Waals surface area contributed by atoms with Crippen molar-refractivity contribution in [1.82, 2.24) is 5.32 Å². The molecule has 0 bridgehead atoms. The van der Waals surface area contributed by atoms with Crippen molar-refractivity contribution >= 4 is 46.6 Å². The Balaban J connectivity index is 1.75. The number of carbonyl (C=O) groups excluding carboxylic acids is 2. The molecule has 210 valence electrons. The van der Waals surface area contributed by atoms with Gasteiger partial charge in [0.15, 0.2) is 0 Å². The van der Waals surface area contributed by atoms with Crippen LogP contribution < -0.4 is 20.1 Å². The highest BCUT2D eigenvalue weighted by Gasteiger charge is 2.38. The number of esters is 1. The van der Waals surface area contributed by atoms with Crippen LogP contribution in [0.1, 0.15) is 24.0 Å². The average Bonchev–Trinajstić information content (AvgIpc) is 3.00. The summed E-state index contributed by atoms with van der Waals surface area (Å²) in [5.41, 5.74) is 2.73. The van der Waals surface area contributed by atoms with Gasteiger partial charge in [-0.3, -0.25) is 4.79 Å². The first-order chi connectivity index (χ1) is 19.9. The second-order valence-corrected chi connectivity index (χ2v) is 10.1. The highest BCUT2D eigenvalue weighted by atomic mass is 35.5. The number of rotatable bonds is 10. The summed E-state index contributed by atoms with van der Waals surface area (Å²) in [5.74, 6) is -0.728. The van der Waals surface area contributed by atoms with Crippen molar-refractivity contribution in [2.75, 3.05) is 31.9 Å². The lowest BCUT2D eigenvalue weighted by atomic mass is 9.81. The first-order valence-electron chi connectivity index (χ1n) is 12.7. The van der Waals surface area contributed by atoms with E-state index < -0.39 is 11.9 Å². The number of hydrogen-bond acceptors (Lipinski definition) is 8. The Morgan fingerprint density at radius 2 is 1.78 bits per heavy atom. The normalized spacial score (nSPS) is 14.6. The van der Waals surface area contributed by atoms with Crippen LogP contribution >= 0.6 is 23.4 Å². The number of methoxy groups -OCH3 is 2. The summed E-state index contributed by atoms with van der Waals surface area (Å²) in [6.45, 7) is 1.88. The number of nitriles is 1. The van der Waals surface area contributed by atoms with Gasteiger partial charge in [0.2, 0.25) is 5.91 Å². The van der Waals surface area contributed by atoms with Crippen molar-refractivity contribution in [2.45, 2.75) is 12.8 Å². The summed E-state index contributed by atoms with van der Waals surface area (Å²) in [5, 5.41) is 17.3. The van der Waals surface area contributed by atoms with E-state index in [1.165, 1.54) is 14.2 Å². The van der Waals surface area contributed by atoms with Gasteiger partial charge in [0.1, 0.15) is 11.5 Å². The van der Waals surface area contributed by atoms with E-state index in [1.807, 2.05) is 30.3 Å². The van der Waals surface area contributed by atoms with Gasteiger partial charge in [-0.05, 0) is 36.2 Å². The molecule has 3 aromatic carbocycles. The summed E-state index contributed by atoms with van der Waals surface area (Å²) in [6.07, 6.45) is 0. The summed E-state index contributed by atoms with van der Waals surface area (Å²) in [7, 11) is 3.04. The molecule has 1 atom stereocenters. The molecule has 1 aliphatic rings. The van der Waals surface area contributed by atoms with Gasteiger partial charge in [-0.1, -0.05) is 71.9 Å². The number of hydrogen-bond donors (Lipinski definition) is 2. The summed E-state index contributed by atoms with van der Waals surface area (Å²) in [4.78, 5) is 26.5. The highest BCUT2D eigenvalue weighted by Crippen LogP contribution is 2.45. The fourth-order valence-corrected chi connectivity index (χ4v) is 5.50. The first kappa shape index (κ1) is 29.6. The van der Waals surface area contributed by atoms with Gasteiger partial charge in [-0.15, -0.1) is 0 Å². The fourth-order valence-electron chi connectivity index (χ4n) is 4.41.